The van der Waals surface area contributed by atoms with Crippen LogP contribution in [0.5, 0.6) is 11.5 Å². The number of hydrogen-bond acceptors (Lipinski definition) is 3. The highest BCUT2D eigenvalue weighted by Crippen LogP contribution is 2.36. The Balaban J connectivity index is 2.86. The molecule has 1 N–H and O–H groups in total. The van der Waals surface area contributed by atoms with Crippen LogP contribution >= 0.6 is 0 Å². The van der Waals surface area contributed by atoms with E-state index in [0.29, 0.717) is 17.1 Å². The second kappa shape index (κ2) is 7.01. The van der Waals surface area contributed by atoms with E-state index in [9.17, 15) is 26.7 Å². The lowest BCUT2D eigenvalue weighted by Crippen LogP contribution is -2.52. The Morgan fingerprint density at radius 3 is 2.26 bits per heavy atom. The zero-order chi connectivity index (χ0) is 17.8. The van der Waals surface area contributed by atoms with Crippen molar-refractivity contribution in [2.24, 2.45) is 0 Å². The van der Waals surface area contributed by atoms with E-state index < -0.39 is 24.0 Å². The Bertz CT molecular complexity index is 560. The molecule has 0 aliphatic carbocycles. The standard InChI is InChI=1S/C14H16F5NO3/c1-8(20-12(21)13(15,16)14(17,18)19)7-9-5-4-6-10(22-2)11(9)23-3/h4-6,8H,7H2,1-3H3,(H,20,21). The van der Waals surface area contributed by atoms with Gasteiger partial charge in [-0.25, -0.2) is 0 Å². The second-order valence-corrected chi connectivity index (χ2v) is 4.80. The molecule has 1 unspecified atom stereocenters. The van der Waals surface area contributed by atoms with Crippen molar-refractivity contribution in [1.29, 1.82) is 0 Å². The molecule has 0 saturated heterocycles. The highest BCUT2D eigenvalue weighted by Gasteiger charge is 2.63. The zero-order valence-electron chi connectivity index (χ0n) is 12.6. The SMILES string of the molecule is COc1cccc(CC(C)NC(=O)C(F)(F)C(F)(F)F)c1OC. The maximum Gasteiger partial charge on any atom is 0.463 e. The molecule has 1 rings (SSSR count). The number of nitrogens with one attached hydrogen (secondary N) is 1. The van der Waals surface area contributed by atoms with Crippen LogP contribution in [0.2, 0.25) is 0 Å². The number of benzene rings is 1. The van der Waals surface area contributed by atoms with Crippen molar-refractivity contribution in [2.45, 2.75) is 31.5 Å². The summed E-state index contributed by atoms with van der Waals surface area (Å²) >= 11 is 0. The van der Waals surface area contributed by atoms with E-state index in [4.69, 9.17) is 9.47 Å². The lowest BCUT2D eigenvalue weighted by Gasteiger charge is -2.22. The fraction of sp³-hybridized carbons (Fsp3) is 0.500. The first-order chi connectivity index (χ1) is 10.5. The minimum absolute atomic E-state index is 0.0138. The van der Waals surface area contributed by atoms with Crippen molar-refractivity contribution in [3.63, 3.8) is 0 Å². The van der Waals surface area contributed by atoms with Crippen molar-refractivity contribution in [3.8, 4) is 11.5 Å². The van der Waals surface area contributed by atoms with E-state index in [0.717, 1.165) is 0 Å². The number of rotatable bonds is 6. The quantitative estimate of drug-likeness (QED) is 0.810. The Morgan fingerprint density at radius 1 is 1.17 bits per heavy atom. The van der Waals surface area contributed by atoms with Crippen LogP contribution in [0, 0.1) is 0 Å². The molecular formula is C14H16F5NO3. The van der Waals surface area contributed by atoms with Gasteiger partial charge in [0.25, 0.3) is 0 Å². The average Bonchev–Trinajstić information content (AvgIpc) is 2.45. The minimum Gasteiger partial charge on any atom is -0.493 e. The third kappa shape index (κ3) is 4.23. The van der Waals surface area contributed by atoms with E-state index in [2.05, 4.69) is 0 Å². The number of carbonyl (C=O) groups excluding carboxylic acids is 1. The molecule has 9 heteroatoms. The molecule has 0 spiro atoms. The number of amides is 1. The van der Waals surface area contributed by atoms with Gasteiger partial charge in [-0.2, -0.15) is 22.0 Å². The highest BCUT2D eigenvalue weighted by atomic mass is 19.4. The predicted molar refractivity (Wildman–Crippen MR) is 71.9 cm³/mol. The smallest absolute Gasteiger partial charge is 0.463 e. The van der Waals surface area contributed by atoms with Crippen LogP contribution in [0.1, 0.15) is 12.5 Å². The third-order valence-electron chi connectivity index (χ3n) is 3.03. The van der Waals surface area contributed by atoms with Crippen LogP contribution < -0.4 is 14.8 Å². The van der Waals surface area contributed by atoms with Gasteiger partial charge in [0.15, 0.2) is 11.5 Å². The number of methoxy groups -OCH3 is 2. The average molecular weight is 341 g/mol. The topological polar surface area (TPSA) is 47.6 Å². The van der Waals surface area contributed by atoms with Crippen LogP contribution in [0.3, 0.4) is 0 Å². The second-order valence-electron chi connectivity index (χ2n) is 4.80. The lowest BCUT2D eigenvalue weighted by atomic mass is 10.0. The van der Waals surface area contributed by atoms with Gasteiger partial charge in [-0.15, -0.1) is 0 Å². The lowest BCUT2D eigenvalue weighted by molar-refractivity contribution is -0.270. The van der Waals surface area contributed by atoms with Crippen LogP contribution in [0.15, 0.2) is 18.2 Å². The van der Waals surface area contributed by atoms with E-state index in [1.165, 1.54) is 21.1 Å². The van der Waals surface area contributed by atoms with E-state index in [1.54, 1.807) is 23.5 Å². The Morgan fingerprint density at radius 2 is 1.78 bits per heavy atom. The number of halogens is 5. The molecule has 0 aliphatic rings. The Labute approximate surface area is 129 Å². The molecular weight excluding hydrogens is 325 g/mol. The van der Waals surface area contributed by atoms with Gasteiger partial charge in [0.1, 0.15) is 0 Å². The summed E-state index contributed by atoms with van der Waals surface area (Å²) in [5.74, 6) is -7.14. The summed E-state index contributed by atoms with van der Waals surface area (Å²) in [5, 5.41) is 1.66. The summed E-state index contributed by atoms with van der Waals surface area (Å²) in [5.41, 5.74) is 0.495. The molecule has 0 bridgehead atoms. The van der Waals surface area contributed by atoms with Crippen molar-refractivity contribution < 1.29 is 36.2 Å². The molecule has 0 radical (unpaired) electrons. The first-order valence-corrected chi connectivity index (χ1v) is 6.50. The predicted octanol–water partition coefficient (Wildman–Crippen LogP) is 2.95. The maximum atomic E-state index is 12.9. The molecule has 1 amide bonds. The number of para-hydroxylation sites is 1. The molecule has 0 saturated carbocycles. The van der Waals surface area contributed by atoms with Crippen molar-refractivity contribution in [2.75, 3.05) is 14.2 Å². The van der Waals surface area contributed by atoms with Gasteiger partial charge in [0.05, 0.1) is 14.2 Å². The molecule has 1 aromatic rings. The van der Waals surface area contributed by atoms with Gasteiger partial charge >= 0.3 is 18.0 Å². The van der Waals surface area contributed by atoms with Gasteiger partial charge in [0, 0.05) is 6.04 Å². The fourth-order valence-electron chi connectivity index (χ4n) is 1.94. The van der Waals surface area contributed by atoms with E-state index in [1.807, 2.05) is 0 Å². The minimum atomic E-state index is -5.94. The molecule has 0 heterocycles. The van der Waals surface area contributed by atoms with E-state index >= 15 is 0 Å². The zero-order valence-corrected chi connectivity index (χ0v) is 12.6. The summed E-state index contributed by atoms with van der Waals surface area (Å²) < 4.78 is 72.4. The summed E-state index contributed by atoms with van der Waals surface area (Å²) in [6.07, 6.45) is -5.95. The summed E-state index contributed by atoms with van der Waals surface area (Å²) in [6, 6.07) is 3.82. The molecule has 0 aromatic heterocycles. The highest BCUT2D eigenvalue weighted by molar-refractivity contribution is 5.84. The number of alkyl halides is 5. The van der Waals surface area contributed by atoms with Crippen molar-refractivity contribution in [3.05, 3.63) is 23.8 Å². The molecule has 4 nitrogen and oxygen atoms in total. The van der Waals surface area contributed by atoms with Crippen LogP contribution in [0.4, 0.5) is 22.0 Å². The summed E-state index contributed by atoms with van der Waals surface area (Å²) in [6.45, 7) is 1.31. The molecule has 1 aromatic carbocycles. The third-order valence-corrected chi connectivity index (χ3v) is 3.03. The normalized spacial score (nSPS) is 13.4. The van der Waals surface area contributed by atoms with Crippen molar-refractivity contribution >= 4 is 5.91 Å². The first kappa shape index (κ1) is 19.0. The van der Waals surface area contributed by atoms with Gasteiger partial charge in [-0.3, -0.25) is 4.79 Å². The molecule has 0 aliphatic heterocycles. The van der Waals surface area contributed by atoms with Gasteiger partial charge in [0.2, 0.25) is 0 Å². The largest absolute Gasteiger partial charge is 0.493 e. The van der Waals surface area contributed by atoms with Crippen LogP contribution in [0.25, 0.3) is 0 Å². The monoisotopic (exact) mass is 341 g/mol. The first-order valence-electron chi connectivity index (χ1n) is 6.50. The molecule has 1 atom stereocenters. The van der Waals surface area contributed by atoms with Gasteiger partial charge in [-0.05, 0) is 25.0 Å². The van der Waals surface area contributed by atoms with Crippen molar-refractivity contribution in [1.82, 2.24) is 5.32 Å². The number of carbonyl (C=O) groups is 1. The Hall–Kier alpha value is -2.06. The summed E-state index contributed by atoms with van der Waals surface area (Å²) in [7, 11) is 2.76. The molecule has 0 fully saturated rings. The maximum absolute atomic E-state index is 12.9. The van der Waals surface area contributed by atoms with E-state index in [-0.39, 0.29) is 6.42 Å². The van der Waals surface area contributed by atoms with Crippen LogP contribution in [-0.2, 0) is 11.2 Å². The van der Waals surface area contributed by atoms with Gasteiger partial charge in [-0.1, -0.05) is 12.1 Å². The fourth-order valence-corrected chi connectivity index (χ4v) is 1.94. The van der Waals surface area contributed by atoms with Gasteiger partial charge < -0.3 is 14.8 Å². The summed E-state index contributed by atoms with van der Waals surface area (Å²) in [4.78, 5) is 11.2. The molecule has 23 heavy (non-hydrogen) atoms. The number of ether oxygens (including phenoxy) is 2. The van der Waals surface area contributed by atoms with Crippen LogP contribution in [-0.4, -0.2) is 38.3 Å². The number of hydrogen-bond donors (Lipinski definition) is 1. The molecule has 130 valence electrons. The Kier molecular flexibility index (Phi) is 5.79.